The predicted octanol–water partition coefficient (Wildman–Crippen LogP) is 8.62. The van der Waals surface area contributed by atoms with Crippen molar-refractivity contribution in [1.82, 2.24) is 0 Å². The monoisotopic (exact) mass is 670 g/mol. The lowest BCUT2D eigenvalue weighted by molar-refractivity contribution is -0.887. The summed E-state index contributed by atoms with van der Waals surface area (Å²) in [6.45, 7) is 4.38. The molecule has 48 heavy (non-hydrogen) atoms. The molecule has 0 aromatic carbocycles. The highest BCUT2D eigenvalue weighted by atomic mass is 16.6. The van der Waals surface area contributed by atoms with Crippen LogP contribution in [0, 0.1) is 0 Å². The average molecular weight is 671 g/mol. The largest absolute Gasteiger partial charge is 0.477 e. The second-order valence-electron chi connectivity index (χ2n) is 12.5. The van der Waals surface area contributed by atoms with E-state index in [9.17, 15) is 19.5 Å². The van der Waals surface area contributed by atoms with Gasteiger partial charge in [-0.2, -0.15) is 0 Å². The molecule has 270 valence electrons. The predicted molar refractivity (Wildman–Crippen MR) is 196 cm³/mol. The highest BCUT2D eigenvalue weighted by molar-refractivity contribution is 5.72. The van der Waals surface area contributed by atoms with Crippen molar-refractivity contribution < 1.29 is 38.2 Å². The summed E-state index contributed by atoms with van der Waals surface area (Å²) in [7, 11) is 5.47. The number of hydrogen-bond donors (Lipinski definition) is 1. The van der Waals surface area contributed by atoms with Crippen LogP contribution in [0.1, 0.15) is 97.3 Å². The van der Waals surface area contributed by atoms with Crippen LogP contribution in [0.15, 0.2) is 85.1 Å². The summed E-state index contributed by atoms with van der Waals surface area (Å²) in [6, 6.07) is -0.630. The molecule has 0 aliphatic carbocycles. The van der Waals surface area contributed by atoms with Crippen LogP contribution < -0.4 is 0 Å². The molecule has 2 atom stereocenters. The Kier molecular flexibility index (Phi) is 28.6. The van der Waals surface area contributed by atoms with Crippen LogP contribution in [0.5, 0.6) is 0 Å². The van der Waals surface area contributed by atoms with Crippen LogP contribution in [0.2, 0.25) is 0 Å². The smallest absolute Gasteiger partial charge is 0.362 e. The van der Waals surface area contributed by atoms with Gasteiger partial charge in [-0.1, -0.05) is 118 Å². The van der Waals surface area contributed by atoms with Gasteiger partial charge in [-0.15, -0.1) is 0 Å². The first-order valence-electron chi connectivity index (χ1n) is 17.7. The van der Waals surface area contributed by atoms with Crippen molar-refractivity contribution in [2.24, 2.45) is 0 Å². The lowest BCUT2D eigenvalue weighted by Gasteiger charge is -2.31. The summed E-state index contributed by atoms with van der Waals surface area (Å²) in [5.41, 5.74) is 0. The third-order valence-electron chi connectivity index (χ3n) is 7.20. The fourth-order valence-corrected chi connectivity index (χ4v) is 4.43. The third kappa shape index (κ3) is 28.7. The minimum Gasteiger partial charge on any atom is -0.477 e. The number of rotatable bonds is 29. The van der Waals surface area contributed by atoms with E-state index in [0.717, 1.165) is 38.5 Å². The lowest BCUT2D eigenvalue weighted by atomic mass is 10.1. The van der Waals surface area contributed by atoms with Crippen molar-refractivity contribution in [3.05, 3.63) is 85.1 Å². The minimum atomic E-state index is -0.894. The molecular formula is C40H64NO7+. The molecule has 0 heterocycles. The molecule has 2 unspecified atom stereocenters. The van der Waals surface area contributed by atoms with E-state index in [0.29, 0.717) is 19.3 Å². The number of likely N-dealkylation sites (N-methyl/N-ethyl adjacent to an activating group) is 1. The number of esters is 2. The molecule has 0 aliphatic rings. The maximum atomic E-state index is 12.6. The van der Waals surface area contributed by atoms with E-state index in [1.54, 1.807) is 0 Å². The number of carbonyl (C=O) groups excluding carboxylic acids is 2. The lowest BCUT2D eigenvalue weighted by Crippen LogP contribution is -2.50. The molecule has 0 radical (unpaired) electrons. The Morgan fingerprint density at radius 1 is 0.646 bits per heavy atom. The van der Waals surface area contributed by atoms with Gasteiger partial charge in [-0.05, 0) is 44.9 Å². The molecule has 0 spiro atoms. The zero-order chi connectivity index (χ0) is 35.7. The molecule has 8 nitrogen and oxygen atoms in total. The summed E-state index contributed by atoms with van der Waals surface area (Å²) in [5.74, 6) is -1.62. The summed E-state index contributed by atoms with van der Waals surface area (Å²) in [6.07, 6.45) is 38.0. The number of allylic oxidation sites excluding steroid dienone is 14. The zero-order valence-electron chi connectivity index (χ0n) is 30.4. The van der Waals surface area contributed by atoms with Gasteiger partial charge in [0.1, 0.15) is 6.61 Å². The maximum Gasteiger partial charge on any atom is 0.362 e. The second kappa shape index (κ2) is 30.8. The first-order chi connectivity index (χ1) is 23.1. The number of aliphatic carboxylic acids is 1. The van der Waals surface area contributed by atoms with Gasteiger partial charge in [0.2, 0.25) is 0 Å². The fourth-order valence-electron chi connectivity index (χ4n) is 4.43. The van der Waals surface area contributed by atoms with Gasteiger partial charge in [-0.25, -0.2) is 4.79 Å². The highest BCUT2D eigenvalue weighted by Crippen LogP contribution is 2.11. The van der Waals surface area contributed by atoms with E-state index in [-0.39, 0.29) is 49.1 Å². The molecule has 0 aromatic rings. The number of nitrogens with zero attached hydrogens (tertiary/aromatic N) is 1. The van der Waals surface area contributed by atoms with Gasteiger partial charge >= 0.3 is 17.9 Å². The van der Waals surface area contributed by atoms with Crippen LogP contribution in [0.25, 0.3) is 0 Å². The molecule has 0 saturated carbocycles. The van der Waals surface area contributed by atoms with Crippen LogP contribution in [0.4, 0.5) is 0 Å². The SMILES string of the molecule is CC/C=C/C=C/C=C/C=C/C=C/C=C/CCCCCC(=O)OC(COCCC(C(=O)O)[N+](C)(C)C)COC(=O)CC/C=C/CCCCC. The van der Waals surface area contributed by atoms with Crippen molar-refractivity contribution in [2.75, 3.05) is 41.0 Å². The molecule has 0 aromatic heterocycles. The number of unbranched alkanes of at least 4 members (excludes halogenated alkanes) is 6. The van der Waals surface area contributed by atoms with Gasteiger partial charge in [0.15, 0.2) is 12.1 Å². The molecule has 8 heteroatoms. The maximum absolute atomic E-state index is 12.6. The summed E-state index contributed by atoms with van der Waals surface area (Å²) in [5, 5.41) is 9.55. The van der Waals surface area contributed by atoms with Crippen molar-refractivity contribution in [3.63, 3.8) is 0 Å². The van der Waals surface area contributed by atoms with E-state index in [2.05, 4.69) is 32.1 Å². The minimum absolute atomic E-state index is 0.0251. The number of carboxylic acid groups (broad SMARTS) is 1. The molecule has 0 aliphatic heterocycles. The quantitative estimate of drug-likeness (QED) is 0.0280. The number of carbonyl (C=O) groups is 3. The van der Waals surface area contributed by atoms with Crippen LogP contribution >= 0.6 is 0 Å². The van der Waals surface area contributed by atoms with E-state index >= 15 is 0 Å². The number of ether oxygens (including phenoxy) is 3. The summed E-state index contributed by atoms with van der Waals surface area (Å²) >= 11 is 0. The third-order valence-corrected chi connectivity index (χ3v) is 7.20. The standard InChI is InChI=1S/C40H63NO7/c1-6-8-10-12-14-15-16-17-18-19-20-21-22-23-25-27-29-31-39(43)48-36(34-46-33-32-37(40(44)45)41(3,4)5)35-47-38(42)30-28-26-24-13-11-9-7-2/h8,10,12,14-22,24,26,36-37H,6-7,9,11,13,23,25,27-35H2,1-5H3/p+1/b10-8+,14-12+,16-15+,18-17+,20-19+,22-21+,26-24+. The second-order valence-corrected chi connectivity index (χ2v) is 12.5. The van der Waals surface area contributed by atoms with Gasteiger partial charge in [0.05, 0.1) is 34.4 Å². The van der Waals surface area contributed by atoms with Crippen molar-refractivity contribution >= 4 is 17.9 Å². The van der Waals surface area contributed by atoms with Gasteiger partial charge in [0, 0.05) is 19.3 Å². The summed E-state index contributed by atoms with van der Waals surface area (Å²) in [4.78, 5) is 36.5. The molecule has 0 rings (SSSR count). The first-order valence-corrected chi connectivity index (χ1v) is 17.7. The molecule has 0 amide bonds. The highest BCUT2D eigenvalue weighted by Gasteiger charge is 2.31. The van der Waals surface area contributed by atoms with E-state index < -0.39 is 18.1 Å². The van der Waals surface area contributed by atoms with Crippen molar-refractivity contribution in [3.8, 4) is 0 Å². The Hall–Kier alpha value is -3.49. The Balaban J connectivity index is 4.59. The topological polar surface area (TPSA) is 99.1 Å². The molecule has 0 saturated heterocycles. The fraction of sp³-hybridized carbons (Fsp3) is 0.575. The molecule has 0 fully saturated rings. The Labute approximate surface area is 291 Å². The van der Waals surface area contributed by atoms with Gasteiger partial charge in [0.25, 0.3) is 0 Å². The van der Waals surface area contributed by atoms with E-state index in [1.165, 1.54) is 12.8 Å². The Morgan fingerprint density at radius 3 is 1.83 bits per heavy atom. The first kappa shape index (κ1) is 44.5. The van der Waals surface area contributed by atoms with Gasteiger partial charge in [-0.3, -0.25) is 9.59 Å². The Bertz CT molecular complexity index is 1060. The summed E-state index contributed by atoms with van der Waals surface area (Å²) < 4.78 is 17.0. The van der Waals surface area contributed by atoms with Crippen LogP contribution in [0.3, 0.4) is 0 Å². The molecular weight excluding hydrogens is 606 g/mol. The van der Waals surface area contributed by atoms with Crippen molar-refractivity contribution in [1.29, 1.82) is 0 Å². The van der Waals surface area contributed by atoms with E-state index in [4.69, 9.17) is 14.2 Å². The van der Waals surface area contributed by atoms with Crippen LogP contribution in [-0.2, 0) is 28.6 Å². The van der Waals surface area contributed by atoms with E-state index in [1.807, 2.05) is 88.0 Å². The van der Waals surface area contributed by atoms with Crippen LogP contribution in [-0.4, -0.2) is 80.6 Å². The number of carboxylic acids is 1. The Morgan fingerprint density at radius 2 is 1.23 bits per heavy atom. The number of quaternary nitrogens is 1. The van der Waals surface area contributed by atoms with Gasteiger partial charge < -0.3 is 23.8 Å². The normalized spacial score (nSPS) is 14.1. The average Bonchev–Trinajstić information content (AvgIpc) is 3.03. The molecule has 1 N–H and O–H groups in total. The van der Waals surface area contributed by atoms with Crippen molar-refractivity contribution in [2.45, 2.75) is 109 Å². The zero-order valence-corrected chi connectivity index (χ0v) is 30.4. The molecule has 0 bridgehead atoms. The number of hydrogen-bond acceptors (Lipinski definition) is 6.